The van der Waals surface area contributed by atoms with Crippen LogP contribution >= 0.6 is 0 Å². The minimum absolute atomic E-state index is 0.237. The summed E-state index contributed by atoms with van der Waals surface area (Å²) in [4.78, 5) is 19.0. The number of aromatic nitrogens is 3. The number of fused-ring (bicyclic) bond motifs is 2. The van der Waals surface area contributed by atoms with Crippen molar-refractivity contribution in [3.05, 3.63) is 53.1 Å². The molecule has 4 N–H and O–H groups in total. The maximum atomic E-state index is 13.3. The number of aliphatic hydroxyl groups is 1. The maximum Gasteiger partial charge on any atom is 0.257 e. The summed E-state index contributed by atoms with van der Waals surface area (Å²) < 4.78 is 1.73. The lowest BCUT2D eigenvalue weighted by Crippen LogP contribution is -2.42. The molecular weight excluding hydrogens is 416 g/mol. The van der Waals surface area contributed by atoms with Gasteiger partial charge in [0.2, 0.25) is 0 Å². The highest BCUT2D eigenvalue weighted by Crippen LogP contribution is 2.33. The van der Waals surface area contributed by atoms with Crippen LogP contribution in [0.1, 0.15) is 48.3 Å². The van der Waals surface area contributed by atoms with Crippen LogP contribution in [0.25, 0.3) is 17.0 Å². The van der Waals surface area contributed by atoms with E-state index in [0.29, 0.717) is 23.7 Å². The third-order valence-corrected chi connectivity index (χ3v) is 6.85. The number of hydrogen-bond donors (Lipinski definition) is 4. The lowest BCUT2D eigenvalue weighted by atomic mass is 9.88. The Morgan fingerprint density at radius 1 is 1.30 bits per heavy atom. The Labute approximate surface area is 193 Å². The molecule has 1 aromatic carbocycles. The van der Waals surface area contributed by atoms with Gasteiger partial charge in [-0.3, -0.25) is 9.48 Å². The predicted octanol–water partition coefficient (Wildman–Crippen LogP) is 2.56. The van der Waals surface area contributed by atoms with Crippen molar-refractivity contribution >= 4 is 28.6 Å². The summed E-state index contributed by atoms with van der Waals surface area (Å²) in [5, 5.41) is 23.0. The van der Waals surface area contributed by atoms with Crippen LogP contribution in [0, 0.1) is 0 Å². The topological polar surface area (TPSA) is 98.2 Å². The molecule has 1 amide bonds. The quantitative estimate of drug-likeness (QED) is 0.481. The number of H-pyrrole nitrogens is 1. The zero-order valence-corrected chi connectivity index (χ0v) is 19.5. The Morgan fingerprint density at radius 2 is 2.09 bits per heavy atom. The number of carbonyl (C=O) groups is 1. The van der Waals surface area contributed by atoms with Crippen molar-refractivity contribution < 1.29 is 9.90 Å². The number of piperidine rings is 1. The number of aromatic amines is 1. The molecule has 3 aromatic rings. The Hall–Kier alpha value is -3.10. The molecule has 1 aliphatic carbocycles. The average Bonchev–Trinajstić information content (AvgIpc) is 3.39. The fraction of sp³-hybridized carbons (Fsp3) is 0.440. The number of nitrogens with one attached hydrogen (secondary N) is 3. The first-order valence-corrected chi connectivity index (χ1v) is 11.7. The van der Waals surface area contributed by atoms with Gasteiger partial charge in [0.1, 0.15) is 5.60 Å². The summed E-state index contributed by atoms with van der Waals surface area (Å²) in [6.07, 6.45) is 8.18. The van der Waals surface area contributed by atoms with Gasteiger partial charge < -0.3 is 25.6 Å². The molecule has 0 saturated carbocycles. The predicted molar refractivity (Wildman–Crippen MR) is 130 cm³/mol. The van der Waals surface area contributed by atoms with Crippen LogP contribution in [0.4, 0.5) is 5.69 Å². The van der Waals surface area contributed by atoms with E-state index in [-0.39, 0.29) is 5.91 Å². The number of hydrogen-bond acceptors (Lipinski definition) is 5. The number of benzene rings is 1. The molecule has 0 radical (unpaired) electrons. The molecule has 0 spiro atoms. The summed E-state index contributed by atoms with van der Waals surface area (Å²) in [5.41, 5.74) is 3.58. The molecule has 33 heavy (non-hydrogen) atoms. The van der Waals surface area contributed by atoms with E-state index < -0.39 is 5.60 Å². The third kappa shape index (κ3) is 4.05. The maximum absolute atomic E-state index is 13.3. The molecule has 1 aliphatic heterocycles. The normalized spacial score (nSPS) is 21.2. The van der Waals surface area contributed by atoms with E-state index in [1.807, 2.05) is 43.7 Å². The van der Waals surface area contributed by atoms with Gasteiger partial charge in [0.15, 0.2) is 0 Å². The van der Waals surface area contributed by atoms with Gasteiger partial charge in [-0.25, -0.2) is 0 Å². The zero-order chi connectivity index (χ0) is 23.2. The molecule has 8 nitrogen and oxygen atoms in total. The van der Waals surface area contributed by atoms with Crippen LogP contribution in [0.2, 0.25) is 0 Å². The van der Waals surface area contributed by atoms with Crippen LogP contribution < -0.4 is 15.5 Å². The summed E-state index contributed by atoms with van der Waals surface area (Å²) in [5.74, 6) is -0.237. The van der Waals surface area contributed by atoms with E-state index in [0.717, 1.165) is 60.3 Å². The highest BCUT2D eigenvalue weighted by Gasteiger charge is 2.34. The van der Waals surface area contributed by atoms with Gasteiger partial charge in [0, 0.05) is 61.6 Å². The fourth-order valence-corrected chi connectivity index (χ4v) is 5.12. The molecule has 174 valence electrons. The van der Waals surface area contributed by atoms with Crippen molar-refractivity contribution in [2.45, 2.75) is 44.8 Å². The number of aryl methyl sites for hydroxylation is 1. The molecule has 1 atom stereocenters. The van der Waals surface area contributed by atoms with Gasteiger partial charge in [-0.05, 0) is 50.6 Å². The summed E-state index contributed by atoms with van der Waals surface area (Å²) in [7, 11) is 1.85. The highest BCUT2D eigenvalue weighted by atomic mass is 16.3. The van der Waals surface area contributed by atoms with Crippen molar-refractivity contribution in [1.82, 2.24) is 25.4 Å². The molecule has 1 fully saturated rings. The van der Waals surface area contributed by atoms with E-state index in [1.165, 1.54) is 0 Å². The van der Waals surface area contributed by atoms with Crippen LogP contribution in [-0.2, 0) is 13.5 Å². The summed E-state index contributed by atoms with van der Waals surface area (Å²) in [6, 6.07) is 6.55. The van der Waals surface area contributed by atoms with Crippen LogP contribution in [0.15, 0.2) is 36.3 Å². The van der Waals surface area contributed by atoms with Crippen molar-refractivity contribution in [3.63, 3.8) is 0 Å². The zero-order valence-electron chi connectivity index (χ0n) is 19.5. The van der Waals surface area contributed by atoms with E-state index >= 15 is 0 Å². The fourth-order valence-electron chi connectivity index (χ4n) is 5.12. The van der Waals surface area contributed by atoms with Gasteiger partial charge >= 0.3 is 0 Å². The lowest BCUT2D eigenvalue weighted by molar-refractivity contribution is 0.0787. The van der Waals surface area contributed by atoms with E-state index in [1.54, 1.807) is 11.6 Å². The Bertz CT molecular complexity index is 1210. The molecule has 5 rings (SSSR count). The molecule has 8 heteroatoms. The second kappa shape index (κ2) is 8.35. The Morgan fingerprint density at radius 3 is 2.85 bits per heavy atom. The molecular formula is C25H32N6O2. The third-order valence-electron chi connectivity index (χ3n) is 6.85. The Balaban J connectivity index is 1.40. The minimum atomic E-state index is -1.19. The first-order valence-electron chi connectivity index (χ1n) is 11.7. The van der Waals surface area contributed by atoms with Gasteiger partial charge in [-0.1, -0.05) is 6.92 Å². The van der Waals surface area contributed by atoms with Crippen LogP contribution in [0.5, 0.6) is 0 Å². The minimum Gasteiger partial charge on any atom is -0.384 e. The summed E-state index contributed by atoms with van der Waals surface area (Å²) >= 11 is 0. The highest BCUT2D eigenvalue weighted by molar-refractivity contribution is 6.09. The summed E-state index contributed by atoms with van der Waals surface area (Å²) in [6.45, 7) is 6.85. The number of nitrogens with zero attached hydrogens (tertiary/aromatic N) is 3. The smallest absolute Gasteiger partial charge is 0.257 e. The molecule has 1 saturated heterocycles. The molecule has 1 unspecified atom stereocenters. The second-order valence-corrected chi connectivity index (χ2v) is 9.39. The van der Waals surface area contributed by atoms with Crippen LogP contribution in [0.3, 0.4) is 0 Å². The van der Waals surface area contributed by atoms with E-state index in [9.17, 15) is 9.90 Å². The van der Waals surface area contributed by atoms with Crippen molar-refractivity contribution in [3.8, 4) is 0 Å². The molecule has 0 bridgehead atoms. The largest absolute Gasteiger partial charge is 0.384 e. The van der Waals surface area contributed by atoms with Crippen LogP contribution in [-0.4, -0.2) is 57.1 Å². The molecule has 2 aliphatic rings. The number of rotatable bonds is 5. The first kappa shape index (κ1) is 21.7. The van der Waals surface area contributed by atoms with Crippen molar-refractivity contribution in [1.29, 1.82) is 0 Å². The van der Waals surface area contributed by atoms with Gasteiger partial charge in [-0.2, -0.15) is 5.10 Å². The van der Waals surface area contributed by atoms with Gasteiger partial charge in [0.05, 0.1) is 22.5 Å². The average molecular weight is 449 g/mol. The number of amides is 1. The standard InChI is InChI=1S/C25H32N6O2/c1-4-26-17-8-11-31(12-9-17)21-6-5-19(23-18(21)7-10-27-23)24(32)28-22-13-16-15-30(3)29-20(16)14-25(22,2)33/h5-7,10,13,15,17,26-27,33H,4,8-9,11-12,14H2,1-3H3,(H,28,32). The van der Waals surface area contributed by atoms with Crippen molar-refractivity contribution in [2.24, 2.45) is 7.05 Å². The molecule has 2 aromatic heterocycles. The second-order valence-electron chi connectivity index (χ2n) is 9.39. The SMILES string of the molecule is CCNC1CCN(c2ccc(C(=O)NC3=Cc4cn(C)nc4CC3(C)O)c3[nH]ccc23)CC1. The van der Waals surface area contributed by atoms with Gasteiger partial charge in [0.25, 0.3) is 5.91 Å². The number of carbonyl (C=O) groups excluding carboxylic acids is 1. The number of anilines is 1. The first-order chi connectivity index (χ1) is 15.9. The van der Waals surface area contributed by atoms with Crippen molar-refractivity contribution in [2.75, 3.05) is 24.5 Å². The molecule has 3 heterocycles. The van der Waals surface area contributed by atoms with E-state index in [4.69, 9.17) is 0 Å². The van der Waals surface area contributed by atoms with Gasteiger partial charge in [-0.15, -0.1) is 0 Å². The van der Waals surface area contributed by atoms with E-state index in [2.05, 4.69) is 32.5 Å². The lowest BCUT2D eigenvalue weighted by Gasteiger charge is -2.34. The monoisotopic (exact) mass is 448 g/mol. The Kier molecular flexibility index (Phi) is 5.50.